The second-order valence-corrected chi connectivity index (χ2v) is 8.05. The van der Waals surface area contributed by atoms with Gasteiger partial charge in [0.2, 0.25) is 0 Å². The first-order valence-corrected chi connectivity index (χ1v) is 9.60. The lowest BCUT2D eigenvalue weighted by Crippen LogP contribution is -2.53. The quantitative estimate of drug-likeness (QED) is 0.391. The van der Waals surface area contributed by atoms with Crippen LogP contribution < -0.4 is 5.32 Å². The van der Waals surface area contributed by atoms with Gasteiger partial charge in [-0.25, -0.2) is 0 Å². The number of halogens is 1. The second-order valence-electron chi connectivity index (χ2n) is 6.54. The van der Waals surface area contributed by atoms with Crippen LogP contribution in [0.25, 0.3) is 0 Å². The highest BCUT2D eigenvalue weighted by Gasteiger charge is 2.32. The monoisotopic (exact) mass is 457 g/mol. The van der Waals surface area contributed by atoms with Gasteiger partial charge in [0, 0.05) is 31.0 Å². The molecular formula is C16H32IN3O2S. The highest BCUT2D eigenvalue weighted by molar-refractivity contribution is 14.0. The number of thioether (sulfide) groups is 1. The number of aliphatic imine (C=N–C) groups is 1. The zero-order chi connectivity index (χ0) is 16.0. The summed E-state index contributed by atoms with van der Waals surface area (Å²) in [5, 5.41) is 3.43. The topological polar surface area (TPSA) is 46.1 Å². The third-order valence-corrected chi connectivity index (χ3v) is 5.50. The van der Waals surface area contributed by atoms with Gasteiger partial charge < -0.3 is 19.7 Å². The van der Waals surface area contributed by atoms with Gasteiger partial charge in [-0.2, -0.15) is 11.8 Å². The van der Waals surface area contributed by atoms with Gasteiger partial charge in [0.1, 0.15) is 6.10 Å². The average Bonchev–Trinajstić information content (AvgIpc) is 3.06. The summed E-state index contributed by atoms with van der Waals surface area (Å²) in [4.78, 5) is 7.18. The molecule has 0 aromatic carbocycles. The fourth-order valence-corrected chi connectivity index (χ4v) is 2.94. The smallest absolute Gasteiger partial charge is 0.194 e. The van der Waals surface area contributed by atoms with Gasteiger partial charge in [-0.3, -0.25) is 4.99 Å². The van der Waals surface area contributed by atoms with E-state index in [1.807, 2.05) is 11.8 Å². The lowest BCUT2D eigenvalue weighted by atomic mass is 10.1. The first-order chi connectivity index (χ1) is 10.6. The summed E-state index contributed by atoms with van der Waals surface area (Å²) >= 11 is 1.86. The molecule has 0 bridgehead atoms. The number of rotatable bonds is 5. The van der Waals surface area contributed by atoms with Crippen molar-refractivity contribution in [1.29, 1.82) is 0 Å². The van der Waals surface area contributed by atoms with Crippen molar-refractivity contribution in [1.82, 2.24) is 10.2 Å². The molecule has 23 heavy (non-hydrogen) atoms. The predicted octanol–water partition coefficient (Wildman–Crippen LogP) is 2.59. The number of ether oxygens (including phenoxy) is 2. The van der Waals surface area contributed by atoms with Crippen LogP contribution in [0.3, 0.4) is 0 Å². The number of guanidine groups is 1. The lowest BCUT2D eigenvalue weighted by molar-refractivity contribution is -0.0817. The zero-order valence-corrected chi connectivity index (χ0v) is 18.0. The van der Waals surface area contributed by atoms with Crippen LogP contribution >= 0.6 is 35.7 Å². The summed E-state index contributed by atoms with van der Waals surface area (Å²) in [6.45, 7) is 11.7. The Bertz CT molecular complexity index is 376. The Balaban J connectivity index is 0.00000264. The molecule has 2 aliphatic rings. The van der Waals surface area contributed by atoms with Crippen molar-refractivity contribution in [2.75, 3.05) is 45.6 Å². The number of hydrogen-bond donors (Lipinski definition) is 1. The highest BCUT2D eigenvalue weighted by atomic mass is 127. The summed E-state index contributed by atoms with van der Waals surface area (Å²) in [7, 11) is 0. The Labute approximate surface area is 162 Å². The normalized spacial score (nSPS) is 26.1. The van der Waals surface area contributed by atoms with E-state index in [1.54, 1.807) is 0 Å². The first-order valence-electron chi connectivity index (χ1n) is 8.37. The highest BCUT2D eigenvalue weighted by Crippen LogP contribution is 2.23. The van der Waals surface area contributed by atoms with Gasteiger partial charge in [0.25, 0.3) is 0 Å². The molecule has 2 heterocycles. The fraction of sp³-hybridized carbons (Fsp3) is 0.938. The van der Waals surface area contributed by atoms with Crippen molar-refractivity contribution in [3.8, 4) is 0 Å². The van der Waals surface area contributed by atoms with E-state index in [0.29, 0.717) is 0 Å². The van der Waals surface area contributed by atoms with E-state index < -0.39 is 0 Å². The van der Waals surface area contributed by atoms with Gasteiger partial charge >= 0.3 is 0 Å². The SMILES string of the molecule is CCNC(=NCC(C)(C)SC)N1CCOC(C2CCCO2)C1.I. The molecule has 0 radical (unpaired) electrons. The predicted molar refractivity (Wildman–Crippen MR) is 109 cm³/mol. The molecular weight excluding hydrogens is 425 g/mol. The Kier molecular flexibility index (Phi) is 9.55. The molecule has 0 amide bonds. The molecule has 136 valence electrons. The standard InChI is InChI=1S/C16H31N3O2S.HI/c1-5-17-15(18-12-16(2,3)22-4)19-8-10-21-14(11-19)13-7-6-9-20-13;/h13-14H,5-12H2,1-4H3,(H,17,18);1H. The van der Waals surface area contributed by atoms with Crippen molar-refractivity contribution < 1.29 is 9.47 Å². The molecule has 2 aliphatic heterocycles. The van der Waals surface area contributed by atoms with Crippen molar-refractivity contribution >= 4 is 41.7 Å². The van der Waals surface area contributed by atoms with E-state index in [9.17, 15) is 0 Å². The zero-order valence-electron chi connectivity index (χ0n) is 14.8. The molecule has 0 spiro atoms. The maximum Gasteiger partial charge on any atom is 0.194 e. The molecule has 2 unspecified atom stereocenters. The molecule has 1 N–H and O–H groups in total. The summed E-state index contributed by atoms with van der Waals surface area (Å²) in [5.41, 5.74) is 0. The minimum absolute atomic E-state index is 0. The van der Waals surface area contributed by atoms with E-state index >= 15 is 0 Å². The molecule has 0 aliphatic carbocycles. The van der Waals surface area contributed by atoms with Gasteiger partial charge in [0.05, 0.1) is 19.3 Å². The van der Waals surface area contributed by atoms with Crippen molar-refractivity contribution in [2.45, 2.75) is 50.6 Å². The van der Waals surface area contributed by atoms with E-state index in [-0.39, 0.29) is 40.9 Å². The molecule has 7 heteroatoms. The third kappa shape index (κ3) is 6.59. The van der Waals surface area contributed by atoms with E-state index in [4.69, 9.17) is 14.5 Å². The van der Waals surface area contributed by atoms with Crippen molar-refractivity contribution in [2.24, 2.45) is 4.99 Å². The van der Waals surface area contributed by atoms with Crippen LogP contribution in [0, 0.1) is 0 Å². The molecule has 0 aromatic rings. The Hall–Kier alpha value is 0.270. The Morgan fingerprint density at radius 1 is 1.30 bits per heavy atom. The molecule has 2 fully saturated rings. The maximum atomic E-state index is 5.93. The molecule has 2 rings (SSSR count). The number of hydrogen-bond acceptors (Lipinski definition) is 4. The maximum absolute atomic E-state index is 5.93. The summed E-state index contributed by atoms with van der Waals surface area (Å²) in [6, 6.07) is 0. The molecule has 0 saturated carbocycles. The molecule has 2 saturated heterocycles. The summed E-state index contributed by atoms with van der Waals surface area (Å²) in [6.07, 6.45) is 4.85. The van der Waals surface area contributed by atoms with Crippen LogP contribution in [0.1, 0.15) is 33.6 Å². The number of nitrogens with one attached hydrogen (secondary N) is 1. The van der Waals surface area contributed by atoms with Crippen LogP contribution in [-0.2, 0) is 9.47 Å². The van der Waals surface area contributed by atoms with E-state index in [2.05, 4.69) is 37.2 Å². The Morgan fingerprint density at radius 3 is 2.65 bits per heavy atom. The van der Waals surface area contributed by atoms with Crippen LogP contribution in [0.5, 0.6) is 0 Å². The second kappa shape index (κ2) is 10.3. The van der Waals surface area contributed by atoms with Crippen LogP contribution in [0.2, 0.25) is 0 Å². The Morgan fingerprint density at radius 2 is 2.04 bits per heavy atom. The third-order valence-electron chi connectivity index (χ3n) is 4.27. The first kappa shape index (κ1) is 21.3. The molecule has 2 atom stereocenters. The minimum Gasteiger partial charge on any atom is -0.375 e. The van der Waals surface area contributed by atoms with Crippen molar-refractivity contribution in [3.05, 3.63) is 0 Å². The molecule has 5 nitrogen and oxygen atoms in total. The van der Waals surface area contributed by atoms with E-state index in [1.165, 1.54) is 0 Å². The van der Waals surface area contributed by atoms with Gasteiger partial charge in [-0.05, 0) is 39.9 Å². The minimum atomic E-state index is 0. The number of morpholine rings is 1. The van der Waals surface area contributed by atoms with Crippen LogP contribution in [-0.4, -0.2) is 73.5 Å². The lowest BCUT2D eigenvalue weighted by Gasteiger charge is -2.37. The van der Waals surface area contributed by atoms with Crippen LogP contribution in [0.4, 0.5) is 0 Å². The summed E-state index contributed by atoms with van der Waals surface area (Å²) < 4.78 is 11.9. The fourth-order valence-electron chi connectivity index (χ4n) is 2.74. The van der Waals surface area contributed by atoms with Gasteiger partial charge in [-0.15, -0.1) is 24.0 Å². The largest absolute Gasteiger partial charge is 0.375 e. The average molecular weight is 457 g/mol. The molecule has 0 aromatic heterocycles. The van der Waals surface area contributed by atoms with E-state index in [0.717, 1.165) is 58.2 Å². The van der Waals surface area contributed by atoms with Crippen molar-refractivity contribution in [3.63, 3.8) is 0 Å². The number of nitrogens with zero attached hydrogens (tertiary/aromatic N) is 2. The van der Waals surface area contributed by atoms with Gasteiger partial charge in [-0.1, -0.05) is 0 Å². The summed E-state index contributed by atoms with van der Waals surface area (Å²) in [5.74, 6) is 1.01. The van der Waals surface area contributed by atoms with Crippen LogP contribution in [0.15, 0.2) is 4.99 Å². The van der Waals surface area contributed by atoms with Gasteiger partial charge in [0.15, 0.2) is 5.96 Å².